The van der Waals surface area contributed by atoms with Gasteiger partial charge in [-0.3, -0.25) is 9.59 Å². The average molecular weight is 229 g/mol. The van der Waals surface area contributed by atoms with Crippen LogP contribution in [0.3, 0.4) is 0 Å². The van der Waals surface area contributed by atoms with Gasteiger partial charge in [0.25, 0.3) is 0 Å². The van der Waals surface area contributed by atoms with Crippen molar-refractivity contribution in [3.05, 3.63) is 0 Å². The summed E-state index contributed by atoms with van der Waals surface area (Å²) in [6.45, 7) is 7.99. The molecule has 0 radical (unpaired) electrons. The molecule has 94 valence electrons. The van der Waals surface area contributed by atoms with E-state index in [0.29, 0.717) is 0 Å². The number of hydrogen-bond donors (Lipinski definition) is 3. The molecule has 0 fully saturated rings. The standard InChI is InChI=1S/C11H23N3O2/c1-5-11(3,4)14-10(16)7-13-8(2)6-9(12)15/h8,13H,5-7H2,1-4H3,(H2,12,15)(H,14,16). The first kappa shape index (κ1) is 14.9. The van der Waals surface area contributed by atoms with Crippen LogP contribution in [-0.4, -0.2) is 29.9 Å². The van der Waals surface area contributed by atoms with Gasteiger partial charge < -0.3 is 16.4 Å². The minimum atomic E-state index is -0.366. The van der Waals surface area contributed by atoms with E-state index in [1.54, 1.807) is 0 Å². The molecule has 0 heterocycles. The molecule has 0 saturated carbocycles. The summed E-state index contributed by atoms with van der Waals surface area (Å²) >= 11 is 0. The molecular formula is C11H23N3O2. The zero-order valence-corrected chi connectivity index (χ0v) is 10.6. The van der Waals surface area contributed by atoms with E-state index in [-0.39, 0.29) is 36.4 Å². The summed E-state index contributed by atoms with van der Waals surface area (Å²) in [5.74, 6) is -0.433. The smallest absolute Gasteiger partial charge is 0.234 e. The van der Waals surface area contributed by atoms with Crippen molar-refractivity contribution in [3.8, 4) is 0 Å². The molecule has 0 aliphatic rings. The van der Waals surface area contributed by atoms with Crippen molar-refractivity contribution in [1.82, 2.24) is 10.6 Å². The number of carbonyl (C=O) groups is 2. The molecule has 0 aromatic heterocycles. The monoisotopic (exact) mass is 229 g/mol. The van der Waals surface area contributed by atoms with Crippen molar-refractivity contribution in [2.75, 3.05) is 6.54 Å². The Morgan fingerprint density at radius 3 is 2.38 bits per heavy atom. The van der Waals surface area contributed by atoms with Gasteiger partial charge in [-0.1, -0.05) is 6.92 Å². The van der Waals surface area contributed by atoms with Gasteiger partial charge in [-0.2, -0.15) is 0 Å². The van der Waals surface area contributed by atoms with Crippen LogP contribution < -0.4 is 16.4 Å². The Bertz CT molecular complexity index is 252. The summed E-state index contributed by atoms with van der Waals surface area (Å²) in [5.41, 5.74) is 4.85. The third-order valence-corrected chi connectivity index (χ3v) is 2.48. The quantitative estimate of drug-likeness (QED) is 0.581. The fraction of sp³-hybridized carbons (Fsp3) is 0.818. The third kappa shape index (κ3) is 7.23. The molecule has 1 atom stereocenters. The molecule has 2 amide bonds. The van der Waals surface area contributed by atoms with Crippen LogP contribution in [0.4, 0.5) is 0 Å². The predicted molar refractivity (Wildman–Crippen MR) is 63.8 cm³/mol. The summed E-state index contributed by atoms with van der Waals surface area (Å²) in [4.78, 5) is 22.1. The second kappa shape index (κ2) is 6.48. The van der Waals surface area contributed by atoms with Crippen molar-refractivity contribution in [1.29, 1.82) is 0 Å². The van der Waals surface area contributed by atoms with Gasteiger partial charge in [-0.15, -0.1) is 0 Å². The van der Waals surface area contributed by atoms with Crippen molar-refractivity contribution in [2.24, 2.45) is 5.73 Å². The molecule has 0 rings (SSSR count). The highest BCUT2D eigenvalue weighted by Crippen LogP contribution is 2.05. The van der Waals surface area contributed by atoms with E-state index in [9.17, 15) is 9.59 Å². The molecule has 0 aromatic rings. The fourth-order valence-corrected chi connectivity index (χ4v) is 1.15. The van der Waals surface area contributed by atoms with Crippen LogP contribution >= 0.6 is 0 Å². The molecule has 0 bridgehead atoms. The molecular weight excluding hydrogens is 206 g/mol. The molecule has 5 heteroatoms. The Morgan fingerprint density at radius 2 is 1.94 bits per heavy atom. The Morgan fingerprint density at radius 1 is 1.38 bits per heavy atom. The van der Waals surface area contributed by atoms with Crippen LogP contribution in [-0.2, 0) is 9.59 Å². The highest BCUT2D eigenvalue weighted by Gasteiger charge is 2.17. The van der Waals surface area contributed by atoms with Gasteiger partial charge in [0, 0.05) is 18.0 Å². The lowest BCUT2D eigenvalue weighted by Gasteiger charge is -2.25. The molecule has 4 N–H and O–H groups in total. The third-order valence-electron chi connectivity index (χ3n) is 2.48. The number of amides is 2. The van der Waals surface area contributed by atoms with Crippen molar-refractivity contribution >= 4 is 11.8 Å². The molecule has 0 aromatic carbocycles. The number of hydrogen-bond acceptors (Lipinski definition) is 3. The first-order chi connectivity index (χ1) is 7.26. The van der Waals surface area contributed by atoms with Crippen molar-refractivity contribution < 1.29 is 9.59 Å². The summed E-state index contributed by atoms with van der Waals surface area (Å²) < 4.78 is 0. The maximum Gasteiger partial charge on any atom is 0.234 e. The Hall–Kier alpha value is -1.10. The van der Waals surface area contributed by atoms with Crippen LogP contribution in [0.1, 0.15) is 40.5 Å². The molecule has 0 saturated heterocycles. The first-order valence-electron chi connectivity index (χ1n) is 5.59. The minimum Gasteiger partial charge on any atom is -0.370 e. The Balaban J connectivity index is 3.86. The van der Waals surface area contributed by atoms with Crippen LogP contribution in [0.25, 0.3) is 0 Å². The van der Waals surface area contributed by atoms with Crippen LogP contribution in [0.2, 0.25) is 0 Å². The normalized spacial score (nSPS) is 13.2. The topological polar surface area (TPSA) is 84.2 Å². The minimum absolute atomic E-state index is 0.0665. The molecule has 1 unspecified atom stereocenters. The van der Waals surface area contributed by atoms with E-state index in [4.69, 9.17) is 5.73 Å². The second-order valence-electron chi connectivity index (χ2n) is 4.74. The van der Waals surface area contributed by atoms with E-state index < -0.39 is 0 Å². The molecule has 0 aliphatic heterocycles. The molecule has 0 aliphatic carbocycles. The average Bonchev–Trinajstić information content (AvgIpc) is 2.13. The summed E-state index contributed by atoms with van der Waals surface area (Å²) in [6, 6.07) is -0.0759. The SMILES string of the molecule is CCC(C)(C)NC(=O)CNC(C)CC(N)=O. The number of nitrogens with one attached hydrogen (secondary N) is 2. The van der Waals surface area contributed by atoms with E-state index in [2.05, 4.69) is 10.6 Å². The van der Waals surface area contributed by atoms with E-state index in [1.807, 2.05) is 27.7 Å². The maximum absolute atomic E-state index is 11.5. The van der Waals surface area contributed by atoms with Gasteiger partial charge in [0.05, 0.1) is 6.54 Å². The Labute approximate surface area is 97.2 Å². The Kier molecular flexibility index (Phi) is 6.03. The van der Waals surface area contributed by atoms with Crippen LogP contribution in [0, 0.1) is 0 Å². The lowest BCUT2D eigenvalue weighted by molar-refractivity contribution is -0.122. The zero-order chi connectivity index (χ0) is 12.8. The van der Waals surface area contributed by atoms with Gasteiger partial charge in [-0.25, -0.2) is 0 Å². The fourth-order valence-electron chi connectivity index (χ4n) is 1.15. The number of rotatable bonds is 7. The number of nitrogens with two attached hydrogens (primary N) is 1. The zero-order valence-electron chi connectivity index (χ0n) is 10.6. The van der Waals surface area contributed by atoms with Gasteiger partial charge >= 0.3 is 0 Å². The van der Waals surface area contributed by atoms with Crippen LogP contribution in [0.5, 0.6) is 0 Å². The van der Waals surface area contributed by atoms with Crippen LogP contribution in [0.15, 0.2) is 0 Å². The first-order valence-corrected chi connectivity index (χ1v) is 5.59. The van der Waals surface area contributed by atoms with Gasteiger partial charge in [0.15, 0.2) is 0 Å². The highest BCUT2D eigenvalue weighted by molar-refractivity contribution is 5.79. The summed E-state index contributed by atoms with van der Waals surface area (Å²) in [6.07, 6.45) is 1.11. The lowest BCUT2D eigenvalue weighted by atomic mass is 10.0. The van der Waals surface area contributed by atoms with Crippen molar-refractivity contribution in [2.45, 2.75) is 52.1 Å². The molecule has 5 nitrogen and oxygen atoms in total. The summed E-state index contributed by atoms with van der Waals surface area (Å²) in [7, 11) is 0. The predicted octanol–water partition coefficient (Wildman–Crippen LogP) is 0.145. The molecule has 16 heavy (non-hydrogen) atoms. The van der Waals surface area contributed by atoms with Gasteiger partial charge in [0.1, 0.15) is 0 Å². The second-order valence-corrected chi connectivity index (χ2v) is 4.74. The highest BCUT2D eigenvalue weighted by atomic mass is 16.2. The van der Waals surface area contributed by atoms with Gasteiger partial charge in [0.2, 0.25) is 11.8 Å². The van der Waals surface area contributed by atoms with E-state index in [0.717, 1.165) is 6.42 Å². The van der Waals surface area contributed by atoms with Gasteiger partial charge in [-0.05, 0) is 27.2 Å². The lowest BCUT2D eigenvalue weighted by Crippen LogP contribution is -2.48. The maximum atomic E-state index is 11.5. The molecule has 0 spiro atoms. The van der Waals surface area contributed by atoms with E-state index in [1.165, 1.54) is 0 Å². The number of primary amides is 1. The van der Waals surface area contributed by atoms with E-state index >= 15 is 0 Å². The van der Waals surface area contributed by atoms with Crippen molar-refractivity contribution in [3.63, 3.8) is 0 Å². The summed E-state index contributed by atoms with van der Waals surface area (Å²) in [5, 5.41) is 5.84. The number of carbonyl (C=O) groups excluding carboxylic acids is 2. The largest absolute Gasteiger partial charge is 0.370 e.